The second-order valence-corrected chi connectivity index (χ2v) is 6.01. The highest BCUT2D eigenvalue weighted by atomic mass is 35.5. The highest BCUT2D eigenvalue weighted by Crippen LogP contribution is 2.27. The molecule has 0 aliphatic rings. The lowest BCUT2D eigenvalue weighted by molar-refractivity contribution is 0.102. The Morgan fingerprint density at radius 2 is 1.88 bits per heavy atom. The number of nitrogens with one attached hydrogen (secondary N) is 2. The van der Waals surface area contributed by atoms with Crippen molar-refractivity contribution in [1.29, 1.82) is 0 Å². The van der Waals surface area contributed by atoms with Crippen LogP contribution in [0.1, 0.15) is 10.5 Å². The summed E-state index contributed by atoms with van der Waals surface area (Å²) < 4.78 is 5.22. The molecule has 0 spiro atoms. The van der Waals surface area contributed by atoms with Crippen LogP contribution in [0.3, 0.4) is 0 Å². The summed E-state index contributed by atoms with van der Waals surface area (Å²) in [6, 6.07) is 13.6. The summed E-state index contributed by atoms with van der Waals surface area (Å²) in [4.78, 5) is 20.8. The van der Waals surface area contributed by atoms with Crippen LogP contribution in [-0.2, 0) is 0 Å². The Balaban J connectivity index is 1.80. The Kier molecular flexibility index (Phi) is 5.55. The van der Waals surface area contributed by atoms with Gasteiger partial charge in [-0.1, -0.05) is 35.3 Å². The van der Waals surface area contributed by atoms with Gasteiger partial charge in [0.15, 0.2) is 0 Å². The molecule has 3 rings (SSSR count). The third-order valence-electron chi connectivity index (χ3n) is 3.42. The number of nitrogens with zero attached hydrogens (tertiary/aromatic N) is 2. The SMILES string of the molecule is COc1ccccc1NC(=O)c1ccnc(Nc2cc(Cl)ccc2Cl)n1. The van der Waals surface area contributed by atoms with Gasteiger partial charge in [0.1, 0.15) is 11.4 Å². The Morgan fingerprint density at radius 3 is 2.69 bits per heavy atom. The number of rotatable bonds is 5. The van der Waals surface area contributed by atoms with Crippen molar-refractivity contribution in [2.75, 3.05) is 17.7 Å². The molecule has 0 fully saturated rings. The third-order valence-corrected chi connectivity index (χ3v) is 3.98. The summed E-state index contributed by atoms with van der Waals surface area (Å²) in [7, 11) is 1.53. The molecule has 1 aromatic heterocycles. The minimum Gasteiger partial charge on any atom is -0.495 e. The smallest absolute Gasteiger partial charge is 0.274 e. The van der Waals surface area contributed by atoms with E-state index in [4.69, 9.17) is 27.9 Å². The molecule has 0 atom stereocenters. The van der Waals surface area contributed by atoms with Gasteiger partial charge in [-0.15, -0.1) is 0 Å². The Labute approximate surface area is 160 Å². The summed E-state index contributed by atoms with van der Waals surface area (Å²) in [5.74, 6) is 0.387. The highest BCUT2D eigenvalue weighted by molar-refractivity contribution is 6.35. The van der Waals surface area contributed by atoms with Crippen LogP contribution in [-0.4, -0.2) is 23.0 Å². The number of benzene rings is 2. The highest BCUT2D eigenvalue weighted by Gasteiger charge is 2.12. The van der Waals surface area contributed by atoms with Gasteiger partial charge in [0.2, 0.25) is 5.95 Å². The number of carbonyl (C=O) groups is 1. The maximum absolute atomic E-state index is 12.5. The molecule has 0 radical (unpaired) electrons. The molecule has 1 heterocycles. The van der Waals surface area contributed by atoms with E-state index in [1.54, 1.807) is 36.4 Å². The molecule has 0 unspecified atom stereocenters. The van der Waals surface area contributed by atoms with E-state index >= 15 is 0 Å². The van der Waals surface area contributed by atoms with Gasteiger partial charge < -0.3 is 15.4 Å². The second kappa shape index (κ2) is 8.03. The first kappa shape index (κ1) is 18.0. The fourth-order valence-corrected chi connectivity index (χ4v) is 2.53. The average Bonchev–Trinajstić information content (AvgIpc) is 2.65. The first-order valence-corrected chi connectivity index (χ1v) is 8.32. The quantitative estimate of drug-likeness (QED) is 0.656. The molecule has 0 aliphatic heterocycles. The van der Waals surface area contributed by atoms with E-state index in [2.05, 4.69) is 20.6 Å². The molecule has 1 amide bonds. The molecule has 0 saturated heterocycles. The van der Waals surface area contributed by atoms with Gasteiger partial charge in [-0.2, -0.15) is 0 Å². The van der Waals surface area contributed by atoms with E-state index in [-0.39, 0.29) is 11.6 Å². The lowest BCUT2D eigenvalue weighted by atomic mass is 10.2. The van der Waals surface area contributed by atoms with Crippen molar-refractivity contribution in [2.24, 2.45) is 0 Å². The minimum absolute atomic E-state index is 0.187. The summed E-state index contributed by atoms with van der Waals surface area (Å²) in [6.07, 6.45) is 1.48. The van der Waals surface area contributed by atoms with Crippen LogP contribution < -0.4 is 15.4 Å². The largest absolute Gasteiger partial charge is 0.495 e. The van der Waals surface area contributed by atoms with Crippen LogP contribution in [0.15, 0.2) is 54.7 Å². The van der Waals surface area contributed by atoms with Crippen molar-refractivity contribution in [3.05, 3.63) is 70.5 Å². The number of aromatic nitrogens is 2. The molecule has 8 heteroatoms. The van der Waals surface area contributed by atoms with Crippen LogP contribution in [0.5, 0.6) is 5.75 Å². The van der Waals surface area contributed by atoms with Crippen LogP contribution in [0.2, 0.25) is 10.0 Å². The van der Waals surface area contributed by atoms with Gasteiger partial charge in [0.05, 0.1) is 23.5 Å². The molecular weight excluding hydrogens is 375 g/mol. The standard InChI is InChI=1S/C18H14Cl2N4O2/c1-26-16-5-3-2-4-13(16)22-17(25)14-8-9-21-18(23-14)24-15-10-11(19)6-7-12(15)20/h2-10H,1H3,(H,22,25)(H,21,23,24). The summed E-state index contributed by atoms with van der Waals surface area (Å²) in [5.41, 5.74) is 1.28. The van der Waals surface area contributed by atoms with E-state index in [1.165, 1.54) is 19.4 Å². The second-order valence-electron chi connectivity index (χ2n) is 5.17. The predicted octanol–water partition coefficient (Wildman–Crippen LogP) is 4.79. The van der Waals surface area contributed by atoms with Gasteiger partial charge in [-0.3, -0.25) is 4.79 Å². The lowest BCUT2D eigenvalue weighted by Gasteiger charge is -2.10. The number of carbonyl (C=O) groups excluding carboxylic acids is 1. The predicted molar refractivity (Wildman–Crippen MR) is 103 cm³/mol. The lowest BCUT2D eigenvalue weighted by Crippen LogP contribution is -2.15. The Hall–Kier alpha value is -2.83. The molecule has 6 nitrogen and oxygen atoms in total. The van der Waals surface area contributed by atoms with E-state index in [0.29, 0.717) is 27.2 Å². The third kappa shape index (κ3) is 4.22. The molecule has 132 valence electrons. The van der Waals surface area contributed by atoms with Gasteiger partial charge in [-0.05, 0) is 36.4 Å². The Bertz CT molecular complexity index is 950. The molecule has 26 heavy (non-hydrogen) atoms. The molecule has 2 aromatic carbocycles. The molecule has 2 N–H and O–H groups in total. The zero-order chi connectivity index (χ0) is 18.5. The van der Waals surface area contributed by atoms with Gasteiger partial charge >= 0.3 is 0 Å². The van der Waals surface area contributed by atoms with Crippen molar-refractivity contribution < 1.29 is 9.53 Å². The zero-order valence-corrected chi connectivity index (χ0v) is 15.2. The number of halogens is 2. The number of hydrogen-bond acceptors (Lipinski definition) is 5. The molecular formula is C18H14Cl2N4O2. The average molecular weight is 389 g/mol. The summed E-state index contributed by atoms with van der Waals surface area (Å²) in [5, 5.41) is 6.69. The van der Waals surface area contributed by atoms with E-state index in [0.717, 1.165) is 0 Å². The van der Waals surface area contributed by atoms with Gasteiger partial charge in [0.25, 0.3) is 5.91 Å². The molecule has 0 aliphatic carbocycles. The Morgan fingerprint density at radius 1 is 1.08 bits per heavy atom. The maximum atomic E-state index is 12.5. The number of methoxy groups -OCH3 is 1. The van der Waals surface area contributed by atoms with Crippen molar-refractivity contribution >= 4 is 46.4 Å². The monoisotopic (exact) mass is 388 g/mol. The summed E-state index contributed by atoms with van der Waals surface area (Å²) in [6.45, 7) is 0. The van der Waals surface area contributed by atoms with Crippen molar-refractivity contribution in [3.63, 3.8) is 0 Å². The number of ether oxygens (including phenoxy) is 1. The number of anilines is 3. The van der Waals surface area contributed by atoms with Crippen molar-refractivity contribution in [3.8, 4) is 5.75 Å². The van der Waals surface area contributed by atoms with Crippen LogP contribution in [0, 0.1) is 0 Å². The molecule has 3 aromatic rings. The maximum Gasteiger partial charge on any atom is 0.274 e. The van der Waals surface area contributed by atoms with Crippen molar-refractivity contribution in [2.45, 2.75) is 0 Å². The van der Waals surface area contributed by atoms with Crippen molar-refractivity contribution in [1.82, 2.24) is 9.97 Å². The minimum atomic E-state index is -0.392. The fourth-order valence-electron chi connectivity index (χ4n) is 2.19. The normalized spacial score (nSPS) is 10.3. The first-order chi connectivity index (χ1) is 12.6. The number of amides is 1. The molecule has 0 saturated carbocycles. The van der Waals surface area contributed by atoms with E-state index < -0.39 is 5.91 Å². The van der Waals surface area contributed by atoms with Crippen LogP contribution in [0.25, 0.3) is 0 Å². The van der Waals surface area contributed by atoms with Crippen LogP contribution in [0.4, 0.5) is 17.3 Å². The van der Waals surface area contributed by atoms with Gasteiger partial charge in [-0.25, -0.2) is 9.97 Å². The van der Waals surface area contributed by atoms with Crippen LogP contribution >= 0.6 is 23.2 Å². The summed E-state index contributed by atoms with van der Waals surface area (Å²) >= 11 is 12.1. The fraction of sp³-hybridized carbons (Fsp3) is 0.0556. The zero-order valence-electron chi connectivity index (χ0n) is 13.7. The topological polar surface area (TPSA) is 76.1 Å². The number of para-hydroxylation sites is 2. The molecule has 0 bridgehead atoms. The van der Waals surface area contributed by atoms with E-state index in [1.807, 2.05) is 6.07 Å². The van der Waals surface area contributed by atoms with E-state index in [9.17, 15) is 4.79 Å². The van der Waals surface area contributed by atoms with Gasteiger partial charge in [0, 0.05) is 11.2 Å². The first-order valence-electron chi connectivity index (χ1n) is 7.56. The number of hydrogen-bond donors (Lipinski definition) is 2.